The van der Waals surface area contributed by atoms with Crippen molar-refractivity contribution >= 4 is 18.7 Å². The first-order valence-corrected chi connectivity index (χ1v) is 10.9. The van der Waals surface area contributed by atoms with Gasteiger partial charge in [-0.3, -0.25) is 0 Å². The van der Waals surface area contributed by atoms with Crippen LogP contribution >= 0.6 is 0 Å². The zero-order chi connectivity index (χ0) is 17.9. The summed E-state index contributed by atoms with van der Waals surface area (Å²) in [6.07, 6.45) is 4.86. The molecule has 0 spiro atoms. The summed E-state index contributed by atoms with van der Waals surface area (Å²) in [5, 5.41) is 2.66. The fourth-order valence-electron chi connectivity index (χ4n) is 3.53. The van der Waals surface area contributed by atoms with Crippen LogP contribution in [-0.4, -0.2) is 27.1 Å². The monoisotopic (exact) mass is 352 g/mol. The van der Waals surface area contributed by atoms with Crippen LogP contribution in [0.4, 0.5) is 0 Å². The lowest BCUT2D eigenvalue weighted by atomic mass is 10.2. The van der Waals surface area contributed by atoms with Gasteiger partial charge in [-0.25, -0.2) is 0 Å². The Morgan fingerprint density at radius 3 is 1.84 bits per heavy atom. The molecule has 1 aliphatic heterocycles. The minimum atomic E-state index is -2.41. The molecule has 0 bridgehead atoms. The molecule has 2 aromatic carbocycles. The fourth-order valence-corrected chi connectivity index (χ4v) is 8.03. The van der Waals surface area contributed by atoms with E-state index in [0.29, 0.717) is 12.7 Å². The van der Waals surface area contributed by atoms with Crippen molar-refractivity contribution in [3.63, 3.8) is 0 Å². The minimum absolute atomic E-state index is 0.0208. The van der Waals surface area contributed by atoms with Crippen molar-refractivity contribution in [1.29, 1.82) is 0 Å². The Morgan fingerprint density at radius 2 is 1.44 bits per heavy atom. The summed E-state index contributed by atoms with van der Waals surface area (Å²) in [4.78, 5) is 0. The van der Waals surface area contributed by atoms with E-state index < -0.39 is 8.32 Å². The molecule has 132 valence electrons. The van der Waals surface area contributed by atoms with Crippen molar-refractivity contribution in [2.45, 2.75) is 44.9 Å². The molecule has 1 saturated heterocycles. The molecule has 0 saturated carbocycles. The quantitative estimate of drug-likeness (QED) is 0.447. The average molecular weight is 353 g/mol. The van der Waals surface area contributed by atoms with Crippen LogP contribution in [0.5, 0.6) is 0 Å². The first-order chi connectivity index (χ1) is 11.9. The van der Waals surface area contributed by atoms with Gasteiger partial charge in [0.25, 0.3) is 8.32 Å². The number of hydrogen-bond acceptors (Lipinski definition) is 2. The highest BCUT2D eigenvalue weighted by atomic mass is 28.4. The van der Waals surface area contributed by atoms with Crippen molar-refractivity contribution in [3.05, 3.63) is 72.8 Å². The van der Waals surface area contributed by atoms with Gasteiger partial charge in [0.2, 0.25) is 0 Å². The SMILES string of the molecule is CC1OC1/C=C/CO[Si](c1ccccc1)(c1ccccc1)C(C)(C)C. The minimum Gasteiger partial charge on any atom is -0.404 e. The number of hydrogen-bond donors (Lipinski definition) is 0. The molecule has 0 aromatic heterocycles. The maximum Gasteiger partial charge on any atom is 0.261 e. The second-order valence-electron chi connectivity index (χ2n) is 7.71. The Bertz CT molecular complexity index is 664. The van der Waals surface area contributed by atoms with Crippen molar-refractivity contribution in [3.8, 4) is 0 Å². The molecule has 2 atom stereocenters. The first kappa shape index (κ1) is 18.1. The van der Waals surface area contributed by atoms with Crippen molar-refractivity contribution in [1.82, 2.24) is 0 Å². The van der Waals surface area contributed by atoms with E-state index in [4.69, 9.17) is 9.16 Å². The largest absolute Gasteiger partial charge is 0.404 e. The van der Waals surface area contributed by atoms with E-state index in [2.05, 4.69) is 101 Å². The Kier molecular flexibility index (Phi) is 5.28. The smallest absolute Gasteiger partial charge is 0.261 e. The highest BCUT2D eigenvalue weighted by Crippen LogP contribution is 2.36. The van der Waals surface area contributed by atoms with Gasteiger partial charge in [-0.15, -0.1) is 0 Å². The van der Waals surface area contributed by atoms with Gasteiger partial charge in [-0.1, -0.05) is 93.6 Å². The van der Waals surface area contributed by atoms with Gasteiger partial charge in [0.1, 0.15) is 6.10 Å². The Morgan fingerprint density at radius 1 is 0.960 bits per heavy atom. The molecular formula is C22H28O2Si. The van der Waals surface area contributed by atoms with Crippen LogP contribution in [-0.2, 0) is 9.16 Å². The normalized spacial score (nSPS) is 20.8. The molecule has 0 amide bonds. The molecular weight excluding hydrogens is 324 g/mol. The molecule has 2 nitrogen and oxygen atoms in total. The van der Waals surface area contributed by atoms with E-state index in [9.17, 15) is 0 Å². The lowest BCUT2D eigenvalue weighted by molar-refractivity contribution is 0.338. The third-order valence-corrected chi connectivity index (χ3v) is 9.90. The number of benzene rings is 2. The molecule has 0 N–H and O–H groups in total. The third kappa shape index (κ3) is 3.79. The summed E-state index contributed by atoms with van der Waals surface area (Å²) >= 11 is 0. The van der Waals surface area contributed by atoms with E-state index in [1.807, 2.05) is 0 Å². The third-order valence-electron chi connectivity index (χ3n) is 4.90. The van der Waals surface area contributed by atoms with Gasteiger partial charge in [0, 0.05) is 0 Å². The average Bonchev–Trinajstić information content (AvgIpc) is 3.31. The summed E-state index contributed by atoms with van der Waals surface area (Å²) in [6.45, 7) is 9.61. The first-order valence-electron chi connectivity index (χ1n) is 9.02. The van der Waals surface area contributed by atoms with Crippen molar-refractivity contribution in [2.75, 3.05) is 6.61 Å². The highest BCUT2D eigenvalue weighted by Gasteiger charge is 2.49. The van der Waals surface area contributed by atoms with E-state index in [-0.39, 0.29) is 11.1 Å². The maximum absolute atomic E-state index is 6.78. The number of epoxide rings is 1. The van der Waals surface area contributed by atoms with Gasteiger partial charge in [0.05, 0.1) is 12.7 Å². The molecule has 3 rings (SSSR count). The van der Waals surface area contributed by atoms with Gasteiger partial charge < -0.3 is 9.16 Å². The predicted molar refractivity (Wildman–Crippen MR) is 107 cm³/mol. The van der Waals surface area contributed by atoms with Gasteiger partial charge >= 0.3 is 0 Å². The molecule has 0 aliphatic carbocycles. The standard InChI is InChI=1S/C22H28O2Si/c1-18-21(24-18)16-11-17-23-25(22(2,3)4,19-12-7-5-8-13-19)20-14-9-6-10-15-20/h5-16,18,21H,17H2,1-4H3/b16-11+. The lowest BCUT2D eigenvalue weighted by Crippen LogP contribution is -2.66. The molecule has 2 aromatic rings. The van der Waals surface area contributed by atoms with E-state index >= 15 is 0 Å². The Balaban J connectivity index is 1.98. The fraction of sp³-hybridized carbons (Fsp3) is 0.364. The maximum atomic E-state index is 6.78. The number of rotatable bonds is 6. The molecule has 1 aliphatic rings. The molecule has 0 radical (unpaired) electrons. The summed E-state index contributed by atoms with van der Waals surface area (Å²) in [5.74, 6) is 0. The summed E-state index contributed by atoms with van der Waals surface area (Å²) in [7, 11) is -2.41. The Hall–Kier alpha value is -1.68. The molecule has 1 fully saturated rings. The lowest BCUT2D eigenvalue weighted by Gasteiger charge is -2.42. The van der Waals surface area contributed by atoms with Crippen LogP contribution < -0.4 is 10.4 Å². The number of ether oxygens (including phenoxy) is 1. The van der Waals surface area contributed by atoms with Gasteiger partial charge in [-0.05, 0) is 22.3 Å². The van der Waals surface area contributed by atoms with Crippen molar-refractivity contribution in [2.24, 2.45) is 0 Å². The molecule has 2 unspecified atom stereocenters. The molecule has 3 heteroatoms. The van der Waals surface area contributed by atoms with E-state index in [1.165, 1.54) is 10.4 Å². The highest BCUT2D eigenvalue weighted by molar-refractivity contribution is 6.99. The van der Waals surface area contributed by atoms with Gasteiger partial charge in [0.15, 0.2) is 0 Å². The second-order valence-corrected chi connectivity index (χ2v) is 12.0. The van der Waals surface area contributed by atoms with Crippen LogP contribution in [0, 0.1) is 0 Å². The van der Waals surface area contributed by atoms with Crippen LogP contribution in [0.25, 0.3) is 0 Å². The topological polar surface area (TPSA) is 21.8 Å². The summed E-state index contributed by atoms with van der Waals surface area (Å²) in [5.41, 5.74) is 0. The van der Waals surface area contributed by atoms with Crippen LogP contribution in [0.3, 0.4) is 0 Å². The Labute approximate surface area is 152 Å². The van der Waals surface area contributed by atoms with Crippen LogP contribution in [0.2, 0.25) is 5.04 Å². The van der Waals surface area contributed by atoms with Crippen molar-refractivity contribution < 1.29 is 9.16 Å². The van der Waals surface area contributed by atoms with E-state index in [0.717, 1.165) is 0 Å². The van der Waals surface area contributed by atoms with Crippen LogP contribution in [0.1, 0.15) is 27.7 Å². The zero-order valence-corrected chi connectivity index (χ0v) is 16.6. The molecule has 25 heavy (non-hydrogen) atoms. The summed E-state index contributed by atoms with van der Waals surface area (Å²) < 4.78 is 12.2. The molecule has 1 heterocycles. The second kappa shape index (κ2) is 7.28. The van der Waals surface area contributed by atoms with Gasteiger partial charge in [-0.2, -0.15) is 0 Å². The predicted octanol–water partition coefficient (Wildman–Crippen LogP) is 3.91. The van der Waals surface area contributed by atoms with Crippen LogP contribution in [0.15, 0.2) is 72.8 Å². The zero-order valence-electron chi connectivity index (χ0n) is 15.6. The van der Waals surface area contributed by atoms with E-state index in [1.54, 1.807) is 0 Å². The summed E-state index contributed by atoms with van der Waals surface area (Å²) in [6, 6.07) is 21.5.